The van der Waals surface area contributed by atoms with Crippen molar-refractivity contribution in [2.75, 3.05) is 13.1 Å². The summed E-state index contributed by atoms with van der Waals surface area (Å²) >= 11 is 0. The standard InChI is InChI=1S/C14H15N3/c15-9-12-5-7-17(8-6-12)11-14-4-2-1-3-13(14)10-16/h1-4,12H,5-8,11H2. The summed E-state index contributed by atoms with van der Waals surface area (Å²) in [5, 5.41) is 17.9. The molecule has 0 atom stereocenters. The molecule has 3 nitrogen and oxygen atoms in total. The summed E-state index contributed by atoms with van der Waals surface area (Å²) in [5.41, 5.74) is 1.85. The number of benzene rings is 1. The third kappa shape index (κ3) is 2.84. The average molecular weight is 225 g/mol. The van der Waals surface area contributed by atoms with Gasteiger partial charge in [-0.1, -0.05) is 18.2 Å². The van der Waals surface area contributed by atoms with E-state index >= 15 is 0 Å². The summed E-state index contributed by atoms with van der Waals surface area (Å²) in [6, 6.07) is 12.3. The summed E-state index contributed by atoms with van der Waals surface area (Å²) in [6.45, 7) is 2.73. The van der Waals surface area contributed by atoms with Gasteiger partial charge in [-0.3, -0.25) is 4.90 Å². The van der Waals surface area contributed by atoms with Gasteiger partial charge in [0.25, 0.3) is 0 Å². The molecule has 1 aliphatic heterocycles. The second-order valence-corrected chi connectivity index (χ2v) is 4.45. The molecular formula is C14H15N3. The van der Waals surface area contributed by atoms with Gasteiger partial charge in [0.1, 0.15) is 0 Å². The van der Waals surface area contributed by atoms with Crippen molar-refractivity contribution in [3.8, 4) is 12.1 Å². The SMILES string of the molecule is N#Cc1ccccc1CN1CCC(C#N)CC1. The molecule has 1 fully saturated rings. The minimum Gasteiger partial charge on any atom is -0.299 e. The first-order chi connectivity index (χ1) is 8.33. The molecule has 0 saturated carbocycles. The zero-order valence-corrected chi connectivity index (χ0v) is 9.76. The van der Waals surface area contributed by atoms with E-state index in [0.29, 0.717) is 0 Å². The summed E-state index contributed by atoms with van der Waals surface area (Å²) in [5.74, 6) is 0.220. The van der Waals surface area contributed by atoms with E-state index < -0.39 is 0 Å². The van der Waals surface area contributed by atoms with Gasteiger partial charge in [-0.15, -0.1) is 0 Å². The molecule has 1 heterocycles. The van der Waals surface area contributed by atoms with Crippen LogP contribution >= 0.6 is 0 Å². The minimum absolute atomic E-state index is 0.220. The molecule has 3 heteroatoms. The van der Waals surface area contributed by atoms with Gasteiger partial charge in [-0.2, -0.15) is 10.5 Å². The number of likely N-dealkylation sites (tertiary alicyclic amines) is 1. The number of hydrogen-bond acceptors (Lipinski definition) is 3. The number of piperidine rings is 1. The molecule has 0 aliphatic carbocycles. The highest BCUT2D eigenvalue weighted by Gasteiger charge is 2.19. The van der Waals surface area contributed by atoms with E-state index in [1.54, 1.807) is 0 Å². The first-order valence-electron chi connectivity index (χ1n) is 5.93. The van der Waals surface area contributed by atoms with E-state index in [2.05, 4.69) is 17.0 Å². The fourth-order valence-corrected chi connectivity index (χ4v) is 2.23. The van der Waals surface area contributed by atoms with Crippen LogP contribution in [-0.4, -0.2) is 18.0 Å². The van der Waals surface area contributed by atoms with Gasteiger partial charge in [0.2, 0.25) is 0 Å². The largest absolute Gasteiger partial charge is 0.299 e. The van der Waals surface area contributed by atoms with Crippen molar-refractivity contribution in [3.05, 3.63) is 35.4 Å². The van der Waals surface area contributed by atoms with Gasteiger partial charge in [-0.25, -0.2) is 0 Å². The molecule has 17 heavy (non-hydrogen) atoms. The molecule has 0 aromatic heterocycles. The van der Waals surface area contributed by atoms with Crippen LogP contribution in [0.5, 0.6) is 0 Å². The molecule has 0 radical (unpaired) electrons. The van der Waals surface area contributed by atoms with Crippen LogP contribution in [0, 0.1) is 28.6 Å². The topological polar surface area (TPSA) is 50.8 Å². The Morgan fingerprint density at radius 2 is 1.88 bits per heavy atom. The van der Waals surface area contributed by atoms with Crippen LogP contribution in [0.1, 0.15) is 24.0 Å². The predicted molar refractivity (Wildman–Crippen MR) is 64.8 cm³/mol. The predicted octanol–water partition coefficient (Wildman–Crippen LogP) is 2.29. The van der Waals surface area contributed by atoms with Crippen LogP contribution in [0.25, 0.3) is 0 Å². The quantitative estimate of drug-likeness (QED) is 0.776. The van der Waals surface area contributed by atoms with Crippen molar-refractivity contribution in [1.82, 2.24) is 4.90 Å². The first kappa shape index (κ1) is 11.6. The van der Waals surface area contributed by atoms with Crippen molar-refractivity contribution in [2.45, 2.75) is 19.4 Å². The Morgan fingerprint density at radius 1 is 1.18 bits per heavy atom. The molecule has 0 bridgehead atoms. The monoisotopic (exact) mass is 225 g/mol. The van der Waals surface area contributed by atoms with E-state index in [0.717, 1.165) is 43.6 Å². The molecular weight excluding hydrogens is 210 g/mol. The lowest BCUT2D eigenvalue weighted by molar-refractivity contribution is 0.198. The molecule has 0 N–H and O–H groups in total. The van der Waals surface area contributed by atoms with Crippen molar-refractivity contribution >= 4 is 0 Å². The summed E-state index contributed by atoms with van der Waals surface area (Å²) in [4.78, 5) is 2.32. The van der Waals surface area contributed by atoms with Crippen molar-refractivity contribution < 1.29 is 0 Å². The zero-order chi connectivity index (χ0) is 12.1. The smallest absolute Gasteiger partial charge is 0.0995 e. The van der Waals surface area contributed by atoms with Crippen LogP contribution in [0.4, 0.5) is 0 Å². The third-order valence-corrected chi connectivity index (χ3v) is 3.30. The molecule has 0 amide bonds. The Hall–Kier alpha value is -1.84. The third-order valence-electron chi connectivity index (χ3n) is 3.30. The summed E-state index contributed by atoms with van der Waals surface area (Å²) < 4.78 is 0. The number of nitrogens with zero attached hydrogens (tertiary/aromatic N) is 3. The maximum atomic E-state index is 9.02. The van der Waals surface area contributed by atoms with Crippen molar-refractivity contribution in [3.63, 3.8) is 0 Å². The zero-order valence-electron chi connectivity index (χ0n) is 9.76. The van der Waals surface area contributed by atoms with Gasteiger partial charge in [0.15, 0.2) is 0 Å². The Balaban J connectivity index is 1.99. The molecule has 86 valence electrons. The average Bonchev–Trinajstić information content (AvgIpc) is 2.40. The van der Waals surface area contributed by atoms with E-state index in [1.807, 2.05) is 24.3 Å². The van der Waals surface area contributed by atoms with Crippen LogP contribution in [0.2, 0.25) is 0 Å². The van der Waals surface area contributed by atoms with E-state index in [-0.39, 0.29) is 5.92 Å². The second kappa shape index (κ2) is 5.48. The second-order valence-electron chi connectivity index (χ2n) is 4.45. The van der Waals surface area contributed by atoms with Gasteiger partial charge >= 0.3 is 0 Å². The molecule has 1 aromatic rings. The van der Waals surface area contributed by atoms with Crippen LogP contribution < -0.4 is 0 Å². The number of rotatable bonds is 2. The highest BCUT2D eigenvalue weighted by Crippen LogP contribution is 2.19. The van der Waals surface area contributed by atoms with Crippen LogP contribution in [-0.2, 0) is 6.54 Å². The molecule has 0 unspecified atom stereocenters. The summed E-state index contributed by atoms with van der Waals surface area (Å²) in [6.07, 6.45) is 1.90. The Kier molecular flexibility index (Phi) is 3.75. The van der Waals surface area contributed by atoms with E-state index in [9.17, 15) is 0 Å². The molecule has 1 aliphatic rings. The number of hydrogen-bond donors (Lipinski definition) is 0. The van der Waals surface area contributed by atoms with E-state index in [4.69, 9.17) is 10.5 Å². The lowest BCUT2D eigenvalue weighted by Gasteiger charge is -2.29. The van der Waals surface area contributed by atoms with Gasteiger partial charge < -0.3 is 0 Å². The van der Waals surface area contributed by atoms with Crippen molar-refractivity contribution in [2.24, 2.45) is 5.92 Å². The van der Waals surface area contributed by atoms with E-state index in [1.165, 1.54) is 0 Å². The Labute approximate surface area is 102 Å². The maximum Gasteiger partial charge on any atom is 0.0995 e. The lowest BCUT2D eigenvalue weighted by Crippen LogP contribution is -2.32. The molecule has 0 spiro atoms. The van der Waals surface area contributed by atoms with Crippen LogP contribution in [0.15, 0.2) is 24.3 Å². The number of nitriles is 2. The van der Waals surface area contributed by atoms with Gasteiger partial charge in [0, 0.05) is 12.5 Å². The molecule has 1 saturated heterocycles. The van der Waals surface area contributed by atoms with Gasteiger partial charge in [-0.05, 0) is 37.6 Å². The normalized spacial score (nSPS) is 17.3. The fraction of sp³-hybridized carbons (Fsp3) is 0.429. The minimum atomic E-state index is 0.220. The van der Waals surface area contributed by atoms with Crippen LogP contribution in [0.3, 0.4) is 0 Å². The molecule has 1 aromatic carbocycles. The highest BCUT2D eigenvalue weighted by atomic mass is 15.1. The lowest BCUT2D eigenvalue weighted by atomic mass is 9.98. The fourth-order valence-electron chi connectivity index (χ4n) is 2.23. The highest BCUT2D eigenvalue weighted by molar-refractivity contribution is 5.37. The van der Waals surface area contributed by atoms with Crippen molar-refractivity contribution in [1.29, 1.82) is 10.5 Å². The Morgan fingerprint density at radius 3 is 2.53 bits per heavy atom. The Bertz CT molecular complexity index is 459. The molecule has 2 rings (SSSR count). The summed E-state index contributed by atoms with van der Waals surface area (Å²) in [7, 11) is 0. The first-order valence-corrected chi connectivity index (χ1v) is 5.93. The maximum absolute atomic E-state index is 9.02. The van der Waals surface area contributed by atoms with Gasteiger partial charge in [0.05, 0.1) is 17.7 Å².